The van der Waals surface area contributed by atoms with E-state index >= 15 is 0 Å². The zero-order valence-corrected chi connectivity index (χ0v) is 20.3. The number of anilines is 1. The summed E-state index contributed by atoms with van der Waals surface area (Å²) >= 11 is 0. The zero-order chi connectivity index (χ0) is 28.0. The third kappa shape index (κ3) is 7.67. The van der Waals surface area contributed by atoms with Crippen LogP contribution in [-0.4, -0.2) is 18.1 Å². The summed E-state index contributed by atoms with van der Waals surface area (Å²) in [5.74, 6) is 0.595. The van der Waals surface area contributed by atoms with Crippen LogP contribution in [0.1, 0.15) is 22.7 Å². The number of benzene rings is 4. The second-order valence-corrected chi connectivity index (χ2v) is 8.55. The Morgan fingerprint density at radius 3 is 1.97 bits per heavy atom. The first kappa shape index (κ1) is 27.8. The van der Waals surface area contributed by atoms with Crippen molar-refractivity contribution in [2.75, 3.05) is 11.5 Å². The van der Waals surface area contributed by atoms with E-state index in [2.05, 4.69) is 4.74 Å². The molecule has 4 aromatic carbocycles. The molecule has 1 N–H and O–H groups in total. The van der Waals surface area contributed by atoms with Gasteiger partial charge in [-0.15, -0.1) is 13.2 Å². The molecule has 0 aromatic heterocycles. The number of alkyl halides is 6. The van der Waals surface area contributed by atoms with E-state index in [0.29, 0.717) is 28.3 Å². The normalized spacial score (nSPS) is 12.6. The molecule has 0 heterocycles. The monoisotopic (exact) mass is 547 g/mol. The van der Waals surface area contributed by atoms with Gasteiger partial charge >= 0.3 is 12.5 Å². The van der Waals surface area contributed by atoms with Crippen LogP contribution in [0, 0.1) is 0 Å². The van der Waals surface area contributed by atoms with Crippen molar-refractivity contribution in [1.82, 2.24) is 0 Å². The van der Waals surface area contributed by atoms with Crippen molar-refractivity contribution in [2.24, 2.45) is 0 Å². The lowest BCUT2D eigenvalue weighted by molar-refractivity contribution is -0.274. The minimum absolute atomic E-state index is 0.00387. The Bertz CT molecular complexity index is 1360. The Morgan fingerprint density at radius 1 is 0.692 bits per heavy atom. The molecule has 1 unspecified atom stereocenters. The van der Waals surface area contributed by atoms with Crippen LogP contribution in [0.3, 0.4) is 0 Å². The van der Waals surface area contributed by atoms with Crippen LogP contribution in [-0.2, 0) is 12.7 Å². The molecule has 0 saturated carbocycles. The first-order valence-electron chi connectivity index (χ1n) is 11.7. The molecule has 0 aliphatic heterocycles. The lowest BCUT2D eigenvalue weighted by Gasteiger charge is -2.33. The summed E-state index contributed by atoms with van der Waals surface area (Å²) < 4.78 is 87.7. The number of aliphatic hydroxyl groups excluding tert-OH is 1. The molecule has 1 atom stereocenters. The molecule has 0 amide bonds. The lowest BCUT2D eigenvalue weighted by Crippen LogP contribution is -2.31. The van der Waals surface area contributed by atoms with Gasteiger partial charge in [-0.1, -0.05) is 48.5 Å². The highest BCUT2D eigenvalue weighted by molar-refractivity contribution is 5.54. The van der Waals surface area contributed by atoms with Crippen LogP contribution < -0.4 is 14.4 Å². The number of hydrogen-bond acceptors (Lipinski definition) is 4. The fourth-order valence-electron chi connectivity index (χ4n) is 4.05. The summed E-state index contributed by atoms with van der Waals surface area (Å²) in [6.07, 6.45) is -9.41. The fourth-order valence-corrected chi connectivity index (χ4v) is 4.05. The minimum atomic E-state index is -4.88. The number of halogens is 6. The third-order valence-corrected chi connectivity index (χ3v) is 5.79. The minimum Gasteiger partial charge on any atom is -0.457 e. The molecule has 10 heteroatoms. The number of hydrogen-bond donors (Lipinski definition) is 1. The summed E-state index contributed by atoms with van der Waals surface area (Å²) in [5.41, 5.74) is 0.466. The van der Waals surface area contributed by atoms with Gasteiger partial charge in [-0.2, -0.15) is 13.2 Å². The van der Waals surface area contributed by atoms with E-state index in [9.17, 15) is 31.4 Å². The summed E-state index contributed by atoms with van der Waals surface area (Å²) in [6.45, 7) is -0.496. The highest BCUT2D eigenvalue weighted by Crippen LogP contribution is 2.35. The number of para-hydroxylation sites is 1. The maximum atomic E-state index is 13.1. The van der Waals surface area contributed by atoms with Gasteiger partial charge in [0.1, 0.15) is 17.2 Å². The molecule has 4 aromatic rings. The quantitative estimate of drug-likeness (QED) is 0.215. The number of nitrogens with zero attached hydrogens (tertiary/aromatic N) is 1. The average Bonchev–Trinajstić information content (AvgIpc) is 2.88. The van der Waals surface area contributed by atoms with Gasteiger partial charge in [0.2, 0.25) is 0 Å². The molecule has 0 saturated heterocycles. The van der Waals surface area contributed by atoms with E-state index in [4.69, 9.17) is 4.74 Å². The molecular weight excluding hydrogens is 524 g/mol. The van der Waals surface area contributed by atoms with Gasteiger partial charge in [0.15, 0.2) is 0 Å². The Labute approximate surface area is 220 Å². The van der Waals surface area contributed by atoms with Crippen molar-refractivity contribution in [3.05, 3.63) is 120 Å². The van der Waals surface area contributed by atoms with Crippen LogP contribution in [0.5, 0.6) is 17.2 Å². The predicted molar refractivity (Wildman–Crippen MR) is 134 cm³/mol. The molecule has 0 bridgehead atoms. The first-order chi connectivity index (χ1) is 18.5. The Morgan fingerprint density at radius 2 is 1.33 bits per heavy atom. The Hall–Kier alpha value is -4.18. The van der Waals surface area contributed by atoms with E-state index in [1.54, 1.807) is 59.5 Å². The largest absolute Gasteiger partial charge is 0.573 e. The van der Waals surface area contributed by atoms with Crippen LogP contribution in [0.2, 0.25) is 0 Å². The summed E-state index contributed by atoms with van der Waals surface area (Å²) in [7, 11) is 0. The van der Waals surface area contributed by atoms with Gasteiger partial charge in [0, 0.05) is 18.3 Å². The fraction of sp³-hybridized carbons (Fsp3) is 0.172. The molecule has 0 radical (unpaired) electrons. The van der Waals surface area contributed by atoms with Crippen molar-refractivity contribution in [3.63, 3.8) is 0 Å². The predicted octanol–water partition coefficient (Wildman–Crippen LogP) is 8.14. The van der Waals surface area contributed by atoms with Gasteiger partial charge in [0.25, 0.3) is 0 Å². The van der Waals surface area contributed by atoms with E-state index < -0.39 is 36.5 Å². The molecule has 4 rings (SSSR count). The van der Waals surface area contributed by atoms with Gasteiger partial charge in [-0.25, -0.2) is 0 Å². The van der Waals surface area contributed by atoms with Crippen LogP contribution >= 0.6 is 0 Å². The Balaban J connectivity index is 1.71. The van der Waals surface area contributed by atoms with E-state index in [1.165, 1.54) is 24.3 Å². The van der Waals surface area contributed by atoms with Crippen LogP contribution in [0.15, 0.2) is 103 Å². The molecule has 0 aliphatic carbocycles. The average molecular weight is 547 g/mol. The molecule has 4 nitrogen and oxygen atoms in total. The third-order valence-electron chi connectivity index (χ3n) is 5.79. The maximum Gasteiger partial charge on any atom is 0.573 e. The number of rotatable bonds is 9. The SMILES string of the molecule is OCC(c1ccc(C(F)(F)F)cc1)N(Cc1cccc(OC(F)(F)F)c1)c1cccc(Oc2ccccc2)c1. The zero-order valence-electron chi connectivity index (χ0n) is 20.3. The van der Waals surface area contributed by atoms with E-state index in [1.807, 2.05) is 6.07 Å². The summed E-state index contributed by atoms with van der Waals surface area (Å²) in [4.78, 5) is 1.67. The van der Waals surface area contributed by atoms with E-state index in [0.717, 1.165) is 18.2 Å². The molecule has 0 fully saturated rings. The first-order valence-corrected chi connectivity index (χ1v) is 11.7. The smallest absolute Gasteiger partial charge is 0.457 e. The highest BCUT2D eigenvalue weighted by atomic mass is 19.4. The topological polar surface area (TPSA) is 41.9 Å². The van der Waals surface area contributed by atoms with Crippen molar-refractivity contribution < 1.29 is 40.9 Å². The molecule has 204 valence electrons. The molecule has 0 aliphatic rings. The number of ether oxygens (including phenoxy) is 2. The number of aliphatic hydroxyl groups is 1. The summed E-state index contributed by atoms with van der Waals surface area (Å²) in [5, 5.41) is 10.4. The molecule has 39 heavy (non-hydrogen) atoms. The van der Waals surface area contributed by atoms with Crippen molar-refractivity contribution in [3.8, 4) is 17.2 Å². The van der Waals surface area contributed by atoms with Crippen LogP contribution in [0.25, 0.3) is 0 Å². The van der Waals surface area contributed by atoms with Gasteiger partial charge in [-0.3, -0.25) is 0 Å². The van der Waals surface area contributed by atoms with Crippen molar-refractivity contribution >= 4 is 5.69 Å². The summed E-state index contributed by atoms with van der Waals surface area (Å²) in [6, 6.07) is 24.6. The lowest BCUT2D eigenvalue weighted by atomic mass is 10.0. The molecular formula is C29H23F6NO3. The van der Waals surface area contributed by atoms with Gasteiger partial charge < -0.3 is 19.5 Å². The van der Waals surface area contributed by atoms with Gasteiger partial charge in [0.05, 0.1) is 18.2 Å². The van der Waals surface area contributed by atoms with Crippen molar-refractivity contribution in [1.29, 1.82) is 0 Å². The second-order valence-electron chi connectivity index (χ2n) is 8.55. The highest BCUT2D eigenvalue weighted by Gasteiger charge is 2.32. The van der Waals surface area contributed by atoms with Gasteiger partial charge in [-0.05, 0) is 59.7 Å². The second kappa shape index (κ2) is 11.7. The van der Waals surface area contributed by atoms with Crippen LogP contribution in [0.4, 0.5) is 32.0 Å². The molecule has 0 spiro atoms. The standard InChI is InChI=1S/C29H23F6NO3/c30-28(31,32)22-14-12-21(13-15-22)27(19-37)36(18-20-6-4-11-26(16-20)39-29(33,34)35)23-7-5-10-25(17-23)38-24-8-2-1-3-9-24/h1-17,27,37H,18-19H2. The van der Waals surface area contributed by atoms with E-state index in [-0.39, 0.29) is 6.54 Å². The Kier molecular flexibility index (Phi) is 8.35. The van der Waals surface area contributed by atoms with Crippen molar-refractivity contribution in [2.45, 2.75) is 25.1 Å². The maximum absolute atomic E-state index is 13.1.